The van der Waals surface area contributed by atoms with E-state index in [0.717, 1.165) is 29.7 Å². The van der Waals surface area contributed by atoms with Crippen molar-refractivity contribution in [2.45, 2.75) is 39.5 Å². The minimum atomic E-state index is 0.723. The third kappa shape index (κ3) is 4.99. The number of ether oxygens (including phenoxy) is 1. The van der Waals surface area contributed by atoms with Gasteiger partial charge in [0.05, 0.1) is 31.3 Å². The first-order chi connectivity index (χ1) is 9.65. The van der Waals surface area contributed by atoms with Crippen molar-refractivity contribution in [1.82, 2.24) is 0 Å². The number of quaternary nitrogens is 1. The van der Waals surface area contributed by atoms with Crippen LogP contribution in [-0.4, -0.2) is 26.2 Å². The summed E-state index contributed by atoms with van der Waals surface area (Å²) in [5, 5.41) is 0.723. The number of aryl methyl sites for hydroxylation is 1. The molecule has 20 heavy (non-hydrogen) atoms. The average Bonchev–Trinajstić information content (AvgIpc) is 2.41. The topological polar surface area (TPSA) is 13.7 Å². The van der Waals surface area contributed by atoms with Crippen molar-refractivity contribution in [3.63, 3.8) is 0 Å². The Hall–Kier alpha value is -0.730. The lowest BCUT2D eigenvalue weighted by Gasteiger charge is -2.27. The predicted molar refractivity (Wildman–Crippen MR) is 84.9 cm³/mol. The zero-order valence-corrected chi connectivity index (χ0v) is 13.5. The molecule has 0 saturated carbocycles. The maximum atomic E-state index is 6.15. The monoisotopic (exact) mass is 296 g/mol. The zero-order valence-electron chi connectivity index (χ0n) is 12.8. The van der Waals surface area contributed by atoms with Crippen LogP contribution in [-0.2, 0) is 0 Å². The highest BCUT2D eigenvalue weighted by atomic mass is 35.5. The van der Waals surface area contributed by atoms with Gasteiger partial charge in [0.15, 0.2) is 0 Å². The number of nitrogens with one attached hydrogen (secondary N) is 1. The van der Waals surface area contributed by atoms with Crippen molar-refractivity contribution in [3.8, 4) is 5.75 Å². The molecule has 1 aromatic rings. The van der Waals surface area contributed by atoms with Crippen molar-refractivity contribution in [3.05, 3.63) is 28.8 Å². The highest BCUT2D eigenvalue weighted by Crippen LogP contribution is 2.25. The number of rotatable bonds is 6. The van der Waals surface area contributed by atoms with E-state index in [4.69, 9.17) is 16.3 Å². The Balaban J connectivity index is 1.61. The fourth-order valence-corrected chi connectivity index (χ4v) is 3.30. The molecule has 2 nitrogen and oxygen atoms in total. The van der Waals surface area contributed by atoms with E-state index in [1.54, 1.807) is 4.90 Å². The van der Waals surface area contributed by atoms with Crippen molar-refractivity contribution >= 4 is 11.6 Å². The molecule has 1 fully saturated rings. The van der Waals surface area contributed by atoms with Crippen LogP contribution in [0.3, 0.4) is 0 Å². The average molecular weight is 297 g/mol. The van der Waals surface area contributed by atoms with Gasteiger partial charge in [-0.2, -0.15) is 0 Å². The summed E-state index contributed by atoms with van der Waals surface area (Å²) < 4.78 is 5.76. The van der Waals surface area contributed by atoms with Crippen LogP contribution < -0.4 is 9.64 Å². The summed E-state index contributed by atoms with van der Waals surface area (Å²) in [6, 6.07) is 5.96. The molecule has 0 aromatic heterocycles. The number of hydrogen-bond acceptors (Lipinski definition) is 1. The van der Waals surface area contributed by atoms with Gasteiger partial charge in [-0.05, 0) is 50.3 Å². The number of likely N-dealkylation sites (tertiary alicyclic amines) is 1. The van der Waals surface area contributed by atoms with Crippen molar-refractivity contribution in [1.29, 1.82) is 0 Å². The Labute approximate surface area is 128 Å². The Bertz CT molecular complexity index is 421. The predicted octanol–water partition coefficient (Wildman–Crippen LogP) is 3.12. The Kier molecular flexibility index (Phi) is 6.18. The van der Waals surface area contributed by atoms with E-state index in [1.807, 2.05) is 25.1 Å². The maximum absolute atomic E-state index is 6.15. The van der Waals surface area contributed by atoms with Gasteiger partial charge in [0.2, 0.25) is 0 Å². The molecule has 2 rings (SSSR count). The van der Waals surface area contributed by atoms with Crippen molar-refractivity contribution in [2.24, 2.45) is 5.92 Å². The molecule has 1 aromatic carbocycles. The van der Waals surface area contributed by atoms with E-state index in [9.17, 15) is 0 Å². The smallest absolute Gasteiger partial charge is 0.137 e. The fraction of sp³-hybridized carbons (Fsp3) is 0.647. The van der Waals surface area contributed by atoms with E-state index in [1.165, 1.54) is 44.5 Å². The molecule has 3 heteroatoms. The standard InChI is InChI=1S/C17H26ClNO/c1-14-7-8-17(16(18)12-14)20-11-4-3-9-19-10-5-6-15(2)13-19/h7-8,12,15H,3-6,9-11,13H2,1-2H3/p+1/t15-/m0/s1. The van der Waals surface area contributed by atoms with Crippen LogP contribution in [0.1, 0.15) is 38.2 Å². The summed E-state index contributed by atoms with van der Waals surface area (Å²) in [4.78, 5) is 1.78. The van der Waals surface area contributed by atoms with Gasteiger partial charge in [-0.25, -0.2) is 0 Å². The molecule has 0 amide bonds. The number of hydrogen-bond donors (Lipinski definition) is 1. The lowest BCUT2D eigenvalue weighted by Crippen LogP contribution is -3.13. The zero-order chi connectivity index (χ0) is 14.4. The van der Waals surface area contributed by atoms with Gasteiger partial charge in [-0.3, -0.25) is 0 Å². The van der Waals surface area contributed by atoms with Crippen LogP contribution in [0.4, 0.5) is 0 Å². The minimum Gasteiger partial charge on any atom is -0.492 e. The van der Waals surface area contributed by atoms with Crippen LogP contribution in [0.25, 0.3) is 0 Å². The summed E-state index contributed by atoms with van der Waals surface area (Å²) in [5.41, 5.74) is 1.17. The number of halogens is 1. The summed E-state index contributed by atoms with van der Waals surface area (Å²) in [7, 11) is 0. The lowest BCUT2D eigenvalue weighted by molar-refractivity contribution is -0.908. The molecule has 1 aliphatic heterocycles. The molecule has 0 radical (unpaired) electrons. The first-order valence-corrected chi connectivity index (χ1v) is 8.25. The van der Waals surface area contributed by atoms with Gasteiger partial charge < -0.3 is 9.64 Å². The van der Waals surface area contributed by atoms with Gasteiger partial charge in [-0.1, -0.05) is 24.6 Å². The second-order valence-corrected chi connectivity index (χ2v) is 6.60. The summed E-state index contributed by atoms with van der Waals surface area (Å²) >= 11 is 6.15. The second kappa shape index (κ2) is 7.90. The van der Waals surface area contributed by atoms with E-state index in [-0.39, 0.29) is 0 Å². The van der Waals surface area contributed by atoms with Crippen LogP contribution >= 0.6 is 11.6 Å². The molecule has 1 aliphatic rings. The summed E-state index contributed by atoms with van der Waals surface area (Å²) in [5.74, 6) is 1.72. The van der Waals surface area contributed by atoms with Gasteiger partial charge in [0, 0.05) is 5.92 Å². The van der Waals surface area contributed by atoms with Crippen LogP contribution in [0.2, 0.25) is 5.02 Å². The Morgan fingerprint density at radius 1 is 1.35 bits per heavy atom. The molecule has 0 spiro atoms. The highest BCUT2D eigenvalue weighted by Gasteiger charge is 2.18. The first-order valence-electron chi connectivity index (χ1n) is 7.87. The third-order valence-electron chi connectivity index (χ3n) is 4.13. The van der Waals surface area contributed by atoms with Crippen LogP contribution in [0.15, 0.2) is 18.2 Å². The first kappa shape index (κ1) is 15.7. The molecular formula is C17H27ClNO+. The third-order valence-corrected chi connectivity index (χ3v) is 4.43. The van der Waals surface area contributed by atoms with Gasteiger partial charge in [-0.15, -0.1) is 0 Å². The van der Waals surface area contributed by atoms with Gasteiger partial charge in [0.25, 0.3) is 0 Å². The van der Waals surface area contributed by atoms with Gasteiger partial charge in [0.1, 0.15) is 5.75 Å². The minimum absolute atomic E-state index is 0.723. The SMILES string of the molecule is Cc1ccc(OCCCC[NH+]2CCC[C@H](C)C2)c(Cl)c1. The van der Waals surface area contributed by atoms with Crippen LogP contribution in [0.5, 0.6) is 5.75 Å². The molecule has 2 atom stereocenters. The second-order valence-electron chi connectivity index (χ2n) is 6.19. The molecule has 1 saturated heterocycles. The maximum Gasteiger partial charge on any atom is 0.137 e. The molecule has 112 valence electrons. The Morgan fingerprint density at radius 2 is 2.20 bits per heavy atom. The molecule has 0 bridgehead atoms. The van der Waals surface area contributed by atoms with Crippen LogP contribution in [0, 0.1) is 12.8 Å². The largest absolute Gasteiger partial charge is 0.492 e. The van der Waals surface area contributed by atoms with Crippen molar-refractivity contribution < 1.29 is 9.64 Å². The van der Waals surface area contributed by atoms with E-state index in [0.29, 0.717) is 0 Å². The molecular weight excluding hydrogens is 270 g/mol. The number of piperidine rings is 1. The summed E-state index contributed by atoms with van der Waals surface area (Å²) in [6.07, 6.45) is 5.16. The fourth-order valence-electron chi connectivity index (χ4n) is 3.01. The van der Waals surface area contributed by atoms with E-state index in [2.05, 4.69) is 6.92 Å². The quantitative estimate of drug-likeness (QED) is 0.796. The molecule has 1 N–H and O–H groups in total. The van der Waals surface area contributed by atoms with Gasteiger partial charge >= 0.3 is 0 Å². The van der Waals surface area contributed by atoms with Crippen molar-refractivity contribution in [2.75, 3.05) is 26.2 Å². The van der Waals surface area contributed by atoms with E-state index < -0.39 is 0 Å². The van der Waals surface area contributed by atoms with E-state index >= 15 is 0 Å². The Morgan fingerprint density at radius 3 is 2.95 bits per heavy atom. The normalized spacial score (nSPS) is 22.8. The summed E-state index contributed by atoms with van der Waals surface area (Å²) in [6.45, 7) is 9.18. The molecule has 0 aliphatic carbocycles. The number of unbranched alkanes of at least 4 members (excludes halogenated alkanes) is 1. The highest BCUT2D eigenvalue weighted by molar-refractivity contribution is 6.32. The molecule has 1 unspecified atom stereocenters. The lowest BCUT2D eigenvalue weighted by atomic mass is 10.0. The number of benzene rings is 1. The molecule has 1 heterocycles.